The van der Waals surface area contributed by atoms with Crippen molar-refractivity contribution in [3.63, 3.8) is 0 Å². The van der Waals surface area contributed by atoms with Crippen molar-refractivity contribution in [2.75, 3.05) is 13.2 Å². The lowest BCUT2D eigenvalue weighted by molar-refractivity contribution is -0.104. The largest absolute Gasteiger partial charge is 0.456 e. The normalized spacial score (nSPS) is 22.4. The van der Waals surface area contributed by atoms with Gasteiger partial charge in [-0.3, -0.25) is 4.79 Å². The second kappa shape index (κ2) is 5.98. The zero-order valence-electron chi connectivity index (χ0n) is 12.4. The molecular formula is C18H16BrNO3. The van der Waals surface area contributed by atoms with Gasteiger partial charge in [0.1, 0.15) is 11.5 Å². The number of halogens is 1. The van der Waals surface area contributed by atoms with Gasteiger partial charge in [-0.05, 0) is 36.8 Å². The monoisotopic (exact) mass is 373 g/mol. The van der Waals surface area contributed by atoms with Crippen molar-refractivity contribution in [2.45, 2.75) is 18.5 Å². The highest BCUT2D eigenvalue weighted by molar-refractivity contribution is 9.10. The molecule has 2 fully saturated rings. The Labute approximate surface area is 143 Å². The van der Waals surface area contributed by atoms with E-state index in [0.29, 0.717) is 30.3 Å². The van der Waals surface area contributed by atoms with Crippen LogP contribution in [0.2, 0.25) is 0 Å². The number of hydrogen-bond donors (Lipinski definition) is 0. The van der Waals surface area contributed by atoms with E-state index in [9.17, 15) is 4.79 Å². The van der Waals surface area contributed by atoms with Crippen LogP contribution in [0.15, 0.2) is 53.0 Å². The molecule has 0 saturated carbocycles. The van der Waals surface area contributed by atoms with Crippen molar-refractivity contribution in [3.05, 3.63) is 58.6 Å². The van der Waals surface area contributed by atoms with Crippen molar-refractivity contribution < 1.29 is 14.3 Å². The zero-order chi connectivity index (χ0) is 15.8. The Hall–Kier alpha value is -1.85. The summed E-state index contributed by atoms with van der Waals surface area (Å²) in [5, 5.41) is 0. The first-order valence-corrected chi connectivity index (χ1v) is 8.44. The second-order valence-corrected chi connectivity index (χ2v) is 6.76. The number of rotatable bonds is 3. The molecule has 2 aliphatic heterocycles. The number of carbonyl (C=O) groups is 1. The van der Waals surface area contributed by atoms with E-state index in [2.05, 4.69) is 15.9 Å². The topological polar surface area (TPSA) is 38.8 Å². The van der Waals surface area contributed by atoms with Crippen molar-refractivity contribution in [1.82, 2.24) is 4.90 Å². The Morgan fingerprint density at radius 2 is 1.91 bits per heavy atom. The third-order valence-corrected chi connectivity index (χ3v) is 4.82. The third kappa shape index (κ3) is 2.75. The summed E-state index contributed by atoms with van der Waals surface area (Å²) < 4.78 is 12.3. The fraction of sp³-hybridized carbons (Fsp3) is 0.278. The lowest BCUT2D eigenvalue weighted by Crippen LogP contribution is -2.65. The van der Waals surface area contributed by atoms with Crippen LogP contribution in [-0.4, -0.2) is 36.1 Å². The van der Waals surface area contributed by atoms with Crippen LogP contribution >= 0.6 is 15.9 Å². The smallest absolute Gasteiger partial charge is 0.258 e. The van der Waals surface area contributed by atoms with Crippen molar-refractivity contribution in [3.8, 4) is 11.5 Å². The molecular weight excluding hydrogens is 358 g/mol. The molecule has 4 nitrogen and oxygen atoms in total. The minimum Gasteiger partial charge on any atom is -0.456 e. The fourth-order valence-electron chi connectivity index (χ4n) is 3.20. The van der Waals surface area contributed by atoms with Gasteiger partial charge in [-0.25, -0.2) is 0 Å². The minimum atomic E-state index is 0.0279. The number of benzene rings is 2. The molecule has 2 aromatic rings. The maximum Gasteiger partial charge on any atom is 0.258 e. The van der Waals surface area contributed by atoms with Crippen LogP contribution in [0.1, 0.15) is 16.8 Å². The summed E-state index contributed by atoms with van der Waals surface area (Å²) in [4.78, 5) is 14.8. The number of carbonyl (C=O) groups excluding carboxylic acids is 1. The van der Waals surface area contributed by atoms with Crippen LogP contribution < -0.4 is 4.74 Å². The van der Waals surface area contributed by atoms with E-state index in [4.69, 9.17) is 9.47 Å². The van der Waals surface area contributed by atoms with E-state index in [-0.39, 0.29) is 18.0 Å². The van der Waals surface area contributed by atoms with E-state index in [1.54, 1.807) is 0 Å². The van der Waals surface area contributed by atoms with E-state index in [1.165, 1.54) is 0 Å². The van der Waals surface area contributed by atoms with Gasteiger partial charge in [0, 0.05) is 4.47 Å². The van der Waals surface area contributed by atoms with E-state index in [0.717, 1.165) is 10.9 Å². The van der Waals surface area contributed by atoms with E-state index < -0.39 is 0 Å². The fourth-order valence-corrected chi connectivity index (χ4v) is 3.58. The van der Waals surface area contributed by atoms with Crippen molar-refractivity contribution in [2.24, 2.45) is 0 Å². The van der Waals surface area contributed by atoms with E-state index in [1.807, 2.05) is 53.4 Å². The highest BCUT2D eigenvalue weighted by Crippen LogP contribution is 2.35. The molecule has 2 aromatic carbocycles. The number of fused-ring (bicyclic) bond motifs is 2. The van der Waals surface area contributed by atoms with Crippen LogP contribution in [0.4, 0.5) is 0 Å². The number of morpholine rings is 1. The summed E-state index contributed by atoms with van der Waals surface area (Å²) in [5.74, 6) is 1.31. The van der Waals surface area contributed by atoms with Gasteiger partial charge in [-0.15, -0.1) is 0 Å². The minimum absolute atomic E-state index is 0.0279. The molecule has 118 valence electrons. The standard InChI is InChI=1S/C18H16BrNO3/c19-12-4-3-5-15(8-12)23-17-7-2-1-6-16(17)18(21)20-13-9-14(20)11-22-10-13/h1-8,13-14H,9-11H2/t13-,14-/m1/s1. The maximum absolute atomic E-state index is 12.9. The molecule has 0 aromatic heterocycles. The predicted octanol–water partition coefficient (Wildman–Crippen LogP) is 3.85. The number of ether oxygens (including phenoxy) is 2. The molecule has 0 unspecified atom stereocenters. The summed E-state index contributed by atoms with van der Waals surface area (Å²) in [6.45, 7) is 1.27. The summed E-state index contributed by atoms with van der Waals surface area (Å²) in [5.41, 5.74) is 0.601. The molecule has 0 N–H and O–H groups in total. The van der Waals surface area contributed by atoms with Gasteiger partial charge in [0.15, 0.2) is 0 Å². The first-order chi connectivity index (χ1) is 11.2. The van der Waals surface area contributed by atoms with Crippen LogP contribution in [0.25, 0.3) is 0 Å². The highest BCUT2D eigenvalue weighted by Gasteiger charge is 2.45. The SMILES string of the molecule is O=C(c1ccccc1Oc1cccc(Br)c1)N1[C@H]2COC[C@H]1C2. The molecule has 2 heterocycles. The van der Waals surface area contributed by atoms with Crippen LogP contribution in [0, 0.1) is 0 Å². The van der Waals surface area contributed by atoms with Gasteiger partial charge in [-0.2, -0.15) is 0 Å². The Morgan fingerprint density at radius 3 is 2.65 bits per heavy atom. The number of hydrogen-bond acceptors (Lipinski definition) is 3. The Bertz CT molecular complexity index is 735. The number of amides is 1. The van der Waals surface area contributed by atoms with Gasteiger partial charge < -0.3 is 14.4 Å². The molecule has 0 radical (unpaired) electrons. The highest BCUT2D eigenvalue weighted by atomic mass is 79.9. The maximum atomic E-state index is 12.9. The van der Waals surface area contributed by atoms with Gasteiger partial charge in [0.25, 0.3) is 5.91 Å². The Kier molecular flexibility index (Phi) is 3.83. The molecule has 5 heteroatoms. The summed E-state index contributed by atoms with van der Waals surface area (Å²) in [6.07, 6.45) is 1.04. The molecule has 2 saturated heterocycles. The summed E-state index contributed by atoms with van der Waals surface area (Å²) in [7, 11) is 0. The molecule has 2 atom stereocenters. The second-order valence-electron chi connectivity index (χ2n) is 5.85. The number of nitrogens with zero attached hydrogens (tertiary/aromatic N) is 1. The summed E-state index contributed by atoms with van der Waals surface area (Å²) in [6, 6.07) is 15.4. The number of para-hydroxylation sites is 1. The average Bonchev–Trinajstić information content (AvgIpc) is 2.56. The average molecular weight is 374 g/mol. The van der Waals surface area contributed by atoms with E-state index >= 15 is 0 Å². The first-order valence-electron chi connectivity index (χ1n) is 7.65. The molecule has 1 amide bonds. The van der Waals surface area contributed by atoms with Gasteiger partial charge in [0.05, 0.1) is 30.9 Å². The van der Waals surface area contributed by atoms with Crippen molar-refractivity contribution in [1.29, 1.82) is 0 Å². The first kappa shape index (κ1) is 14.7. The zero-order valence-corrected chi connectivity index (χ0v) is 14.0. The molecule has 0 spiro atoms. The van der Waals surface area contributed by atoms with Crippen LogP contribution in [0.3, 0.4) is 0 Å². The third-order valence-electron chi connectivity index (χ3n) is 4.33. The lowest BCUT2D eigenvalue weighted by atomic mass is 9.90. The molecule has 4 rings (SSSR count). The van der Waals surface area contributed by atoms with Crippen LogP contribution in [-0.2, 0) is 4.74 Å². The Morgan fingerprint density at radius 1 is 1.13 bits per heavy atom. The predicted molar refractivity (Wildman–Crippen MR) is 89.8 cm³/mol. The lowest BCUT2D eigenvalue weighted by Gasteiger charge is -2.52. The van der Waals surface area contributed by atoms with Gasteiger partial charge in [0.2, 0.25) is 0 Å². The molecule has 2 bridgehead atoms. The molecule has 0 aliphatic carbocycles. The Balaban J connectivity index is 1.61. The molecule has 23 heavy (non-hydrogen) atoms. The van der Waals surface area contributed by atoms with Gasteiger partial charge >= 0.3 is 0 Å². The summed E-state index contributed by atoms with van der Waals surface area (Å²) >= 11 is 3.43. The van der Waals surface area contributed by atoms with Crippen LogP contribution in [0.5, 0.6) is 11.5 Å². The molecule has 2 aliphatic rings. The van der Waals surface area contributed by atoms with Crippen molar-refractivity contribution >= 4 is 21.8 Å². The van der Waals surface area contributed by atoms with Gasteiger partial charge in [-0.1, -0.05) is 34.1 Å². The quantitative estimate of drug-likeness (QED) is 0.819.